The first-order valence-corrected chi connectivity index (χ1v) is 4.21. The Morgan fingerprint density at radius 3 is 2.33 bits per heavy atom. The number of aromatic nitrogens is 1. The van der Waals surface area contributed by atoms with Crippen molar-refractivity contribution in [2.45, 2.75) is 4.90 Å². The molecule has 48 valence electrons. The maximum absolute atomic E-state index is 7.32. The van der Waals surface area contributed by atoms with Crippen LogP contribution in [0.5, 0.6) is 0 Å². The number of nitrogens with one attached hydrogen (secondary N) is 1. The van der Waals surface area contributed by atoms with E-state index in [1.807, 2.05) is 18.4 Å². The summed E-state index contributed by atoms with van der Waals surface area (Å²) in [6.07, 6.45) is 5.30. The molecule has 0 aliphatic carbocycles. The summed E-state index contributed by atoms with van der Waals surface area (Å²) in [5.74, 6) is 0. The van der Waals surface area contributed by atoms with Crippen molar-refractivity contribution in [1.29, 1.82) is 4.78 Å². The molecule has 0 fully saturated rings. The highest BCUT2D eigenvalue weighted by atomic mass is 32.2. The Hall–Kier alpha value is -0.700. The predicted molar refractivity (Wildman–Crippen MR) is 38.5 cm³/mol. The molecule has 1 unspecified atom stereocenters. The molecular weight excluding hydrogens is 132 g/mol. The van der Waals surface area contributed by atoms with E-state index in [0.29, 0.717) is 0 Å². The molecule has 0 aliphatic heterocycles. The second-order valence-corrected chi connectivity index (χ2v) is 3.19. The summed E-state index contributed by atoms with van der Waals surface area (Å²) in [6.45, 7) is 0. The maximum atomic E-state index is 7.32. The molecule has 0 radical (unpaired) electrons. The van der Waals surface area contributed by atoms with Gasteiger partial charge in [0.15, 0.2) is 0 Å². The lowest BCUT2D eigenvalue weighted by atomic mass is 10.5. The first-order valence-electron chi connectivity index (χ1n) is 2.58. The van der Waals surface area contributed by atoms with Gasteiger partial charge in [-0.15, -0.1) is 0 Å². The van der Waals surface area contributed by atoms with Crippen molar-refractivity contribution in [1.82, 2.24) is 4.98 Å². The highest BCUT2D eigenvalue weighted by Crippen LogP contribution is 2.00. The molecule has 1 aromatic heterocycles. The Labute approximate surface area is 56.8 Å². The molecule has 0 saturated carbocycles. The van der Waals surface area contributed by atoms with E-state index in [2.05, 4.69) is 4.98 Å². The van der Waals surface area contributed by atoms with Crippen molar-refractivity contribution in [2.75, 3.05) is 6.26 Å². The molecule has 9 heavy (non-hydrogen) atoms. The van der Waals surface area contributed by atoms with Crippen LogP contribution in [0.4, 0.5) is 0 Å². The smallest absolute Gasteiger partial charge is 0.0279 e. The number of nitrogens with zero attached hydrogens (tertiary/aromatic N) is 1. The van der Waals surface area contributed by atoms with Gasteiger partial charge in [0.25, 0.3) is 0 Å². The van der Waals surface area contributed by atoms with E-state index in [1.165, 1.54) is 0 Å². The number of hydrogen-bond acceptors (Lipinski definition) is 2. The molecule has 1 N–H and O–H groups in total. The molecule has 1 atom stereocenters. The molecular formula is C6H8N2S. The van der Waals surface area contributed by atoms with Crippen LogP contribution in [0.1, 0.15) is 0 Å². The van der Waals surface area contributed by atoms with Crippen LogP contribution in [0.25, 0.3) is 0 Å². The summed E-state index contributed by atoms with van der Waals surface area (Å²) in [5, 5.41) is 0. The lowest BCUT2D eigenvalue weighted by Gasteiger charge is -1.94. The van der Waals surface area contributed by atoms with Crippen LogP contribution >= 0.6 is 0 Å². The third-order valence-electron chi connectivity index (χ3n) is 1.00. The van der Waals surface area contributed by atoms with Crippen LogP contribution < -0.4 is 0 Å². The highest BCUT2D eigenvalue weighted by molar-refractivity contribution is 7.85. The van der Waals surface area contributed by atoms with Crippen LogP contribution in [-0.4, -0.2) is 11.2 Å². The molecule has 0 bridgehead atoms. The fourth-order valence-electron chi connectivity index (χ4n) is 0.542. The Kier molecular flexibility index (Phi) is 1.95. The summed E-state index contributed by atoms with van der Waals surface area (Å²) >= 11 is 0. The van der Waals surface area contributed by atoms with Gasteiger partial charge in [-0.25, -0.2) is 0 Å². The zero-order valence-electron chi connectivity index (χ0n) is 5.16. The van der Waals surface area contributed by atoms with Crippen LogP contribution in [0.15, 0.2) is 29.4 Å². The summed E-state index contributed by atoms with van der Waals surface area (Å²) in [7, 11) is -0.369. The Balaban J connectivity index is 2.98. The molecule has 0 amide bonds. The summed E-state index contributed by atoms with van der Waals surface area (Å²) < 4.78 is 7.32. The van der Waals surface area contributed by atoms with Gasteiger partial charge in [0.05, 0.1) is 0 Å². The zero-order chi connectivity index (χ0) is 6.69. The summed E-state index contributed by atoms with van der Waals surface area (Å²) in [4.78, 5) is 4.90. The van der Waals surface area contributed by atoms with Crippen molar-refractivity contribution >= 4 is 10.7 Å². The standard InChI is InChI=1S/C6H8N2S/c1-9(7)6-2-4-8-5-3-6/h2-5,7H,1H3. The van der Waals surface area contributed by atoms with E-state index in [-0.39, 0.29) is 10.7 Å². The monoisotopic (exact) mass is 140 g/mol. The van der Waals surface area contributed by atoms with Crippen molar-refractivity contribution in [3.8, 4) is 0 Å². The molecule has 0 aromatic carbocycles. The largest absolute Gasteiger partial charge is 0.276 e. The van der Waals surface area contributed by atoms with Gasteiger partial charge < -0.3 is 0 Å². The van der Waals surface area contributed by atoms with Crippen LogP contribution in [0.2, 0.25) is 0 Å². The normalized spacial score (nSPS) is 13.0. The van der Waals surface area contributed by atoms with Crippen LogP contribution in [0.3, 0.4) is 0 Å². The number of rotatable bonds is 1. The van der Waals surface area contributed by atoms with Gasteiger partial charge in [-0.1, -0.05) is 10.7 Å². The molecule has 1 aromatic rings. The minimum Gasteiger partial charge on any atom is -0.276 e. The minimum atomic E-state index is -0.369. The Morgan fingerprint density at radius 1 is 1.44 bits per heavy atom. The van der Waals surface area contributed by atoms with Gasteiger partial charge in [0, 0.05) is 17.3 Å². The molecule has 2 nitrogen and oxygen atoms in total. The zero-order valence-corrected chi connectivity index (χ0v) is 5.98. The number of hydrogen-bond donors (Lipinski definition) is 1. The lowest BCUT2D eigenvalue weighted by Crippen LogP contribution is -1.83. The fourth-order valence-corrected chi connectivity index (χ4v) is 1.07. The van der Waals surface area contributed by atoms with Gasteiger partial charge in [-0.3, -0.25) is 9.76 Å². The van der Waals surface area contributed by atoms with Gasteiger partial charge in [0.2, 0.25) is 0 Å². The van der Waals surface area contributed by atoms with Crippen molar-refractivity contribution < 1.29 is 0 Å². The topological polar surface area (TPSA) is 36.7 Å². The van der Waals surface area contributed by atoms with E-state index >= 15 is 0 Å². The van der Waals surface area contributed by atoms with Gasteiger partial charge in [-0.2, -0.15) is 0 Å². The van der Waals surface area contributed by atoms with E-state index in [1.54, 1.807) is 12.4 Å². The molecule has 3 heteroatoms. The fraction of sp³-hybridized carbons (Fsp3) is 0.167. The number of pyridine rings is 1. The second kappa shape index (κ2) is 2.73. The summed E-state index contributed by atoms with van der Waals surface area (Å²) in [5.41, 5.74) is 0. The third kappa shape index (κ3) is 1.61. The first kappa shape index (κ1) is 6.42. The molecule has 0 aliphatic rings. The average Bonchev–Trinajstić information content (AvgIpc) is 1.90. The highest BCUT2D eigenvalue weighted by Gasteiger charge is 1.87. The quantitative estimate of drug-likeness (QED) is 0.629. The van der Waals surface area contributed by atoms with Gasteiger partial charge in [-0.05, 0) is 18.4 Å². The van der Waals surface area contributed by atoms with Crippen LogP contribution in [-0.2, 0) is 10.7 Å². The van der Waals surface area contributed by atoms with E-state index in [9.17, 15) is 0 Å². The molecule has 0 spiro atoms. The molecule has 0 saturated heterocycles. The molecule has 1 heterocycles. The van der Waals surface area contributed by atoms with Gasteiger partial charge in [0.1, 0.15) is 0 Å². The maximum Gasteiger partial charge on any atom is 0.0279 e. The third-order valence-corrected chi connectivity index (χ3v) is 1.98. The van der Waals surface area contributed by atoms with E-state index in [0.717, 1.165) is 4.90 Å². The Morgan fingerprint density at radius 2 is 2.00 bits per heavy atom. The van der Waals surface area contributed by atoms with Gasteiger partial charge >= 0.3 is 0 Å². The lowest BCUT2D eigenvalue weighted by molar-refractivity contribution is 1.26. The predicted octanol–water partition coefficient (Wildman–Crippen LogP) is 1.45. The second-order valence-electron chi connectivity index (χ2n) is 1.69. The Bertz CT molecular complexity index is 208. The first-order chi connectivity index (χ1) is 4.30. The summed E-state index contributed by atoms with van der Waals surface area (Å²) in [6, 6.07) is 3.74. The van der Waals surface area contributed by atoms with Crippen molar-refractivity contribution in [2.24, 2.45) is 0 Å². The van der Waals surface area contributed by atoms with Crippen LogP contribution in [0, 0.1) is 4.78 Å². The van der Waals surface area contributed by atoms with Crippen molar-refractivity contribution in [3.05, 3.63) is 24.5 Å². The van der Waals surface area contributed by atoms with Crippen molar-refractivity contribution in [3.63, 3.8) is 0 Å². The minimum absolute atomic E-state index is 0.369. The van der Waals surface area contributed by atoms with E-state index < -0.39 is 0 Å². The average molecular weight is 140 g/mol. The van der Waals surface area contributed by atoms with E-state index in [4.69, 9.17) is 4.78 Å². The molecule has 1 rings (SSSR count). The SMILES string of the molecule is CS(=N)c1ccncc1.